The van der Waals surface area contributed by atoms with Gasteiger partial charge in [-0.25, -0.2) is 0 Å². The molecule has 1 fully saturated rings. The van der Waals surface area contributed by atoms with Gasteiger partial charge in [-0.15, -0.1) is 0 Å². The lowest BCUT2D eigenvalue weighted by atomic mass is 10.1. The van der Waals surface area contributed by atoms with Crippen LogP contribution in [0, 0.1) is 11.8 Å². The molecule has 1 aliphatic rings. The molecule has 1 heterocycles. The Morgan fingerprint density at radius 2 is 2.43 bits per heavy atom. The van der Waals surface area contributed by atoms with Crippen molar-refractivity contribution in [2.45, 2.75) is 26.3 Å². The van der Waals surface area contributed by atoms with Crippen molar-refractivity contribution in [3.05, 3.63) is 18.0 Å². The van der Waals surface area contributed by atoms with Crippen LogP contribution in [-0.2, 0) is 7.05 Å². The second kappa shape index (κ2) is 3.73. The van der Waals surface area contributed by atoms with Gasteiger partial charge in [0.05, 0.1) is 6.20 Å². The molecule has 1 aromatic heterocycles. The molecule has 3 heteroatoms. The highest BCUT2D eigenvalue weighted by molar-refractivity contribution is 5.15. The molecule has 3 unspecified atom stereocenters. The van der Waals surface area contributed by atoms with Crippen LogP contribution in [0.4, 0.5) is 0 Å². The Bertz CT molecular complexity index is 305. The Morgan fingerprint density at radius 1 is 1.71 bits per heavy atom. The summed E-state index contributed by atoms with van der Waals surface area (Å²) in [5.74, 6) is 1.69. The minimum absolute atomic E-state index is 0.517. The Hall–Kier alpha value is -0.830. The summed E-state index contributed by atoms with van der Waals surface area (Å²) < 4.78 is 1.88. The fourth-order valence-corrected chi connectivity index (χ4v) is 2.15. The molecule has 2 rings (SSSR count). The van der Waals surface area contributed by atoms with E-state index >= 15 is 0 Å². The summed E-state index contributed by atoms with van der Waals surface area (Å²) >= 11 is 0. The van der Waals surface area contributed by atoms with Crippen LogP contribution in [0.2, 0.25) is 0 Å². The zero-order valence-electron chi connectivity index (χ0n) is 9.20. The quantitative estimate of drug-likeness (QED) is 0.789. The maximum absolute atomic E-state index is 4.23. The second-order valence-corrected chi connectivity index (χ2v) is 4.36. The van der Waals surface area contributed by atoms with Crippen LogP contribution in [0.25, 0.3) is 0 Å². The van der Waals surface area contributed by atoms with E-state index in [4.69, 9.17) is 0 Å². The molecule has 0 aliphatic heterocycles. The number of nitrogens with one attached hydrogen (secondary N) is 1. The first kappa shape index (κ1) is 9.71. The van der Waals surface area contributed by atoms with E-state index in [1.807, 2.05) is 17.9 Å². The van der Waals surface area contributed by atoms with Crippen LogP contribution in [0.5, 0.6) is 0 Å². The van der Waals surface area contributed by atoms with Crippen molar-refractivity contribution in [2.24, 2.45) is 18.9 Å². The highest BCUT2D eigenvalue weighted by atomic mass is 15.2. The monoisotopic (exact) mass is 193 g/mol. The molecule has 1 N–H and O–H groups in total. The summed E-state index contributed by atoms with van der Waals surface area (Å²) in [6, 6.07) is 0.517. The summed E-state index contributed by atoms with van der Waals surface area (Å²) in [5, 5.41) is 7.78. The topological polar surface area (TPSA) is 29.9 Å². The first-order valence-electron chi connectivity index (χ1n) is 5.44. The minimum atomic E-state index is 0.517. The average Bonchev–Trinajstić information content (AvgIpc) is 2.69. The van der Waals surface area contributed by atoms with Gasteiger partial charge < -0.3 is 5.32 Å². The lowest BCUT2D eigenvalue weighted by molar-refractivity contribution is 0.475. The van der Waals surface area contributed by atoms with Gasteiger partial charge in [-0.3, -0.25) is 4.68 Å². The second-order valence-electron chi connectivity index (χ2n) is 4.36. The van der Waals surface area contributed by atoms with Crippen LogP contribution in [-0.4, -0.2) is 16.3 Å². The summed E-state index contributed by atoms with van der Waals surface area (Å²) in [6.45, 7) is 5.52. The predicted octanol–water partition coefficient (Wildman–Crippen LogP) is 1.73. The average molecular weight is 193 g/mol. The Morgan fingerprint density at radius 3 is 2.86 bits per heavy atom. The SMILES string of the molecule is CCNC(c1cnn(C)c1)C1CC1C. The number of hydrogen-bond donors (Lipinski definition) is 1. The minimum Gasteiger partial charge on any atom is -0.310 e. The predicted molar refractivity (Wildman–Crippen MR) is 56.9 cm³/mol. The van der Waals surface area contributed by atoms with E-state index in [2.05, 4.69) is 30.5 Å². The number of nitrogens with zero attached hydrogens (tertiary/aromatic N) is 2. The Kier molecular flexibility index (Phi) is 2.59. The summed E-state index contributed by atoms with van der Waals surface area (Å²) in [5.41, 5.74) is 1.34. The molecule has 78 valence electrons. The molecular formula is C11H19N3. The number of aryl methyl sites for hydroxylation is 1. The largest absolute Gasteiger partial charge is 0.310 e. The standard InChI is InChI=1S/C11H19N3/c1-4-12-11(10-5-8(10)2)9-6-13-14(3)7-9/h6-8,10-12H,4-5H2,1-3H3. The van der Waals surface area contributed by atoms with E-state index in [0.717, 1.165) is 18.4 Å². The van der Waals surface area contributed by atoms with Crippen molar-refractivity contribution in [2.75, 3.05) is 6.54 Å². The van der Waals surface area contributed by atoms with Gasteiger partial charge in [0.2, 0.25) is 0 Å². The number of hydrogen-bond acceptors (Lipinski definition) is 2. The van der Waals surface area contributed by atoms with Crippen molar-refractivity contribution >= 4 is 0 Å². The molecular weight excluding hydrogens is 174 g/mol. The van der Waals surface area contributed by atoms with Crippen molar-refractivity contribution in [3.63, 3.8) is 0 Å². The molecule has 1 aromatic rings. The van der Waals surface area contributed by atoms with Crippen LogP contribution >= 0.6 is 0 Å². The lowest BCUT2D eigenvalue weighted by Crippen LogP contribution is -2.22. The van der Waals surface area contributed by atoms with E-state index in [0.29, 0.717) is 6.04 Å². The van der Waals surface area contributed by atoms with Crippen molar-refractivity contribution in [1.82, 2.24) is 15.1 Å². The first-order valence-corrected chi connectivity index (χ1v) is 5.44. The summed E-state index contributed by atoms with van der Waals surface area (Å²) in [7, 11) is 1.98. The van der Waals surface area contributed by atoms with Gasteiger partial charge >= 0.3 is 0 Å². The Labute approximate surface area is 85.5 Å². The molecule has 0 radical (unpaired) electrons. The smallest absolute Gasteiger partial charge is 0.0537 e. The fourth-order valence-electron chi connectivity index (χ4n) is 2.15. The lowest BCUT2D eigenvalue weighted by Gasteiger charge is -2.15. The van der Waals surface area contributed by atoms with Gasteiger partial charge in [0, 0.05) is 24.8 Å². The van der Waals surface area contributed by atoms with Gasteiger partial charge in [0.15, 0.2) is 0 Å². The highest BCUT2D eigenvalue weighted by Crippen LogP contribution is 2.46. The van der Waals surface area contributed by atoms with E-state index in [1.54, 1.807) is 0 Å². The molecule has 0 amide bonds. The molecule has 14 heavy (non-hydrogen) atoms. The Balaban J connectivity index is 2.10. The molecule has 0 aromatic carbocycles. The summed E-state index contributed by atoms with van der Waals surface area (Å²) in [4.78, 5) is 0. The van der Waals surface area contributed by atoms with Crippen molar-refractivity contribution < 1.29 is 0 Å². The van der Waals surface area contributed by atoms with Crippen LogP contribution in [0.15, 0.2) is 12.4 Å². The van der Waals surface area contributed by atoms with Crippen molar-refractivity contribution in [3.8, 4) is 0 Å². The maximum Gasteiger partial charge on any atom is 0.0537 e. The zero-order valence-corrected chi connectivity index (χ0v) is 9.20. The molecule has 1 saturated carbocycles. The van der Waals surface area contributed by atoms with Gasteiger partial charge in [-0.05, 0) is 24.8 Å². The number of aromatic nitrogens is 2. The summed E-state index contributed by atoms with van der Waals surface area (Å²) in [6.07, 6.45) is 5.46. The van der Waals surface area contributed by atoms with Crippen LogP contribution in [0.3, 0.4) is 0 Å². The normalized spacial score (nSPS) is 27.6. The van der Waals surface area contributed by atoms with Crippen LogP contribution < -0.4 is 5.32 Å². The van der Waals surface area contributed by atoms with Gasteiger partial charge in [0.1, 0.15) is 0 Å². The van der Waals surface area contributed by atoms with Crippen molar-refractivity contribution in [1.29, 1.82) is 0 Å². The molecule has 1 aliphatic carbocycles. The molecule has 0 bridgehead atoms. The van der Waals surface area contributed by atoms with Gasteiger partial charge in [-0.2, -0.15) is 5.10 Å². The third-order valence-electron chi connectivity index (χ3n) is 3.11. The number of rotatable bonds is 4. The molecule has 3 atom stereocenters. The fraction of sp³-hybridized carbons (Fsp3) is 0.727. The zero-order chi connectivity index (χ0) is 10.1. The van der Waals surface area contributed by atoms with E-state index < -0.39 is 0 Å². The molecule has 0 saturated heterocycles. The molecule has 3 nitrogen and oxygen atoms in total. The van der Waals surface area contributed by atoms with E-state index in [-0.39, 0.29) is 0 Å². The van der Waals surface area contributed by atoms with Gasteiger partial charge in [-0.1, -0.05) is 13.8 Å². The van der Waals surface area contributed by atoms with E-state index in [1.165, 1.54) is 12.0 Å². The van der Waals surface area contributed by atoms with Crippen LogP contribution in [0.1, 0.15) is 31.9 Å². The third-order valence-corrected chi connectivity index (χ3v) is 3.11. The van der Waals surface area contributed by atoms with Gasteiger partial charge in [0.25, 0.3) is 0 Å². The maximum atomic E-state index is 4.23. The third kappa shape index (κ3) is 1.82. The van der Waals surface area contributed by atoms with E-state index in [9.17, 15) is 0 Å². The highest BCUT2D eigenvalue weighted by Gasteiger charge is 2.40. The first-order chi connectivity index (χ1) is 6.72. The molecule has 0 spiro atoms.